The van der Waals surface area contributed by atoms with E-state index in [9.17, 15) is 15.0 Å². The van der Waals surface area contributed by atoms with Gasteiger partial charge in [-0.05, 0) is 50.4 Å². The van der Waals surface area contributed by atoms with E-state index in [0.717, 1.165) is 70.9 Å². The van der Waals surface area contributed by atoms with Gasteiger partial charge in [-0.3, -0.25) is 4.79 Å². The van der Waals surface area contributed by atoms with Gasteiger partial charge in [0.2, 0.25) is 5.91 Å². The Hall–Kier alpha value is -1.17. The SMILES string of the molecule is CCCCC[C@@H](O)C=C[C@@H]1[C@H]2CC(CCCCC(=O)N3CCOCC3)=C[C@H]2C[C@H]1O. The minimum Gasteiger partial charge on any atom is -0.392 e. The van der Waals surface area contributed by atoms with Crippen molar-refractivity contribution in [2.75, 3.05) is 26.3 Å². The highest BCUT2D eigenvalue weighted by Crippen LogP contribution is 2.48. The third-order valence-corrected chi connectivity index (χ3v) is 7.11. The molecule has 0 aromatic rings. The summed E-state index contributed by atoms with van der Waals surface area (Å²) in [5.74, 6) is 1.37. The van der Waals surface area contributed by atoms with Gasteiger partial charge in [-0.15, -0.1) is 0 Å². The fraction of sp³-hybridized carbons (Fsp3) is 0.800. The van der Waals surface area contributed by atoms with Crippen molar-refractivity contribution in [2.45, 2.75) is 83.3 Å². The van der Waals surface area contributed by atoms with Crippen molar-refractivity contribution in [3.63, 3.8) is 0 Å². The van der Waals surface area contributed by atoms with Gasteiger partial charge < -0.3 is 19.8 Å². The molecule has 0 aromatic carbocycles. The van der Waals surface area contributed by atoms with E-state index in [2.05, 4.69) is 19.1 Å². The molecule has 0 radical (unpaired) electrons. The number of hydrogen-bond acceptors (Lipinski definition) is 4. The molecule has 0 unspecified atom stereocenters. The zero-order valence-electron chi connectivity index (χ0n) is 18.7. The lowest BCUT2D eigenvalue weighted by Gasteiger charge is -2.26. The zero-order chi connectivity index (χ0) is 21.3. The van der Waals surface area contributed by atoms with Crippen molar-refractivity contribution in [2.24, 2.45) is 17.8 Å². The normalized spacial score (nSPS) is 30.0. The Kier molecular flexibility index (Phi) is 9.41. The van der Waals surface area contributed by atoms with Crippen LogP contribution in [-0.4, -0.2) is 59.5 Å². The summed E-state index contributed by atoms with van der Waals surface area (Å²) in [5, 5.41) is 20.7. The average Bonchev–Trinajstić information content (AvgIpc) is 3.26. The number of fused-ring (bicyclic) bond motifs is 1. The summed E-state index contributed by atoms with van der Waals surface area (Å²) in [6.45, 7) is 4.97. The predicted octanol–water partition coefficient (Wildman–Crippen LogP) is 3.85. The largest absolute Gasteiger partial charge is 0.392 e. The Balaban J connectivity index is 1.37. The van der Waals surface area contributed by atoms with Crippen LogP contribution >= 0.6 is 0 Å². The molecule has 5 atom stereocenters. The second-order valence-corrected chi connectivity index (χ2v) is 9.39. The number of carbonyl (C=O) groups excluding carboxylic acids is 1. The number of morpholine rings is 1. The van der Waals surface area contributed by atoms with Gasteiger partial charge in [-0.25, -0.2) is 0 Å². The molecule has 2 aliphatic carbocycles. The lowest BCUT2D eigenvalue weighted by atomic mass is 9.88. The van der Waals surface area contributed by atoms with Crippen molar-refractivity contribution >= 4 is 5.91 Å². The Labute approximate surface area is 182 Å². The van der Waals surface area contributed by atoms with E-state index in [4.69, 9.17) is 4.74 Å². The Morgan fingerprint density at radius 2 is 2.07 bits per heavy atom. The first-order chi connectivity index (χ1) is 14.6. The quantitative estimate of drug-likeness (QED) is 0.394. The first-order valence-electron chi connectivity index (χ1n) is 12.2. The Bertz CT molecular complexity index is 596. The third-order valence-electron chi connectivity index (χ3n) is 7.11. The van der Waals surface area contributed by atoms with Crippen LogP contribution in [0.25, 0.3) is 0 Å². The summed E-state index contributed by atoms with van der Waals surface area (Å²) in [5.41, 5.74) is 1.50. The summed E-state index contributed by atoms with van der Waals surface area (Å²) in [6, 6.07) is 0. The average molecular weight is 420 g/mol. The number of rotatable bonds is 11. The summed E-state index contributed by atoms with van der Waals surface area (Å²) in [4.78, 5) is 14.2. The lowest BCUT2D eigenvalue weighted by Crippen LogP contribution is -2.40. The standard InChI is InChI=1S/C25H41NO4/c1-2-3-4-8-21(27)10-11-22-23-17-19(16-20(23)18-24(22)28)7-5-6-9-25(29)26-12-14-30-15-13-26/h10-11,16,20-24,27-28H,2-9,12-15,17-18H2,1H3/t20-,21+,22+,23-,24+/m0/s1. The van der Waals surface area contributed by atoms with Crippen LogP contribution in [0.5, 0.6) is 0 Å². The number of nitrogens with zero attached hydrogens (tertiary/aromatic N) is 1. The number of hydrogen-bond donors (Lipinski definition) is 2. The number of carbonyl (C=O) groups is 1. The number of aliphatic hydroxyl groups excluding tert-OH is 2. The summed E-state index contributed by atoms with van der Waals surface area (Å²) in [7, 11) is 0. The summed E-state index contributed by atoms with van der Waals surface area (Å²) >= 11 is 0. The van der Waals surface area contributed by atoms with Crippen molar-refractivity contribution in [1.82, 2.24) is 4.90 Å². The van der Waals surface area contributed by atoms with E-state index in [-0.39, 0.29) is 24.0 Å². The fourth-order valence-corrected chi connectivity index (χ4v) is 5.35. The van der Waals surface area contributed by atoms with Crippen LogP contribution in [0.15, 0.2) is 23.8 Å². The minimum absolute atomic E-state index is 0.160. The molecule has 2 N–H and O–H groups in total. The number of ether oxygens (including phenoxy) is 1. The van der Waals surface area contributed by atoms with E-state index >= 15 is 0 Å². The molecule has 2 fully saturated rings. The molecule has 170 valence electrons. The monoisotopic (exact) mass is 419 g/mol. The smallest absolute Gasteiger partial charge is 0.222 e. The first kappa shape index (κ1) is 23.5. The summed E-state index contributed by atoms with van der Waals surface area (Å²) in [6.07, 6.45) is 15.5. The van der Waals surface area contributed by atoms with Gasteiger partial charge in [0.1, 0.15) is 0 Å². The van der Waals surface area contributed by atoms with Crippen LogP contribution in [0.3, 0.4) is 0 Å². The number of unbranched alkanes of at least 4 members (excludes halogenated alkanes) is 3. The maximum absolute atomic E-state index is 12.2. The second-order valence-electron chi connectivity index (χ2n) is 9.39. The van der Waals surface area contributed by atoms with E-state index in [1.165, 1.54) is 5.57 Å². The molecule has 1 saturated carbocycles. The van der Waals surface area contributed by atoms with E-state index < -0.39 is 0 Å². The van der Waals surface area contributed by atoms with Crippen molar-refractivity contribution in [1.29, 1.82) is 0 Å². The van der Waals surface area contributed by atoms with E-state index in [1.54, 1.807) is 0 Å². The molecular formula is C25H41NO4. The number of allylic oxidation sites excluding steroid dienone is 2. The Morgan fingerprint density at radius 3 is 2.83 bits per heavy atom. The molecule has 1 heterocycles. The van der Waals surface area contributed by atoms with Gasteiger partial charge in [0.25, 0.3) is 0 Å². The number of amides is 1. The van der Waals surface area contributed by atoms with Crippen molar-refractivity contribution < 1.29 is 19.7 Å². The van der Waals surface area contributed by atoms with Gasteiger partial charge in [0.05, 0.1) is 25.4 Å². The van der Waals surface area contributed by atoms with E-state index in [0.29, 0.717) is 31.5 Å². The van der Waals surface area contributed by atoms with Crippen LogP contribution < -0.4 is 0 Å². The fourth-order valence-electron chi connectivity index (χ4n) is 5.35. The van der Waals surface area contributed by atoms with Crippen LogP contribution in [0.1, 0.15) is 71.1 Å². The molecule has 30 heavy (non-hydrogen) atoms. The Morgan fingerprint density at radius 1 is 1.27 bits per heavy atom. The number of aliphatic hydroxyl groups is 2. The van der Waals surface area contributed by atoms with Crippen molar-refractivity contribution in [3.05, 3.63) is 23.8 Å². The van der Waals surface area contributed by atoms with Gasteiger partial charge in [-0.1, -0.05) is 50.0 Å². The molecule has 0 aromatic heterocycles. The van der Waals surface area contributed by atoms with Gasteiger partial charge in [-0.2, -0.15) is 0 Å². The molecule has 1 amide bonds. The van der Waals surface area contributed by atoms with Crippen LogP contribution in [0.2, 0.25) is 0 Å². The second kappa shape index (κ2) is 12.0. The van der Waals surface area contributed by atoms with Crippen LogP contribution in [0, 0.1) is 17.8 Å². The molecule has 1 saturated heterocycles. The molecule has 5 heteroatoms. The molecule has 3 rings (SSSR count). The van der Waals surface area contributed by atoms with Crippen LogP contribution in [-0.2, 0) is 9.53 Å². The molecule has 1 aliphatic heterocycles. The lowest BCUT2D eigenvalue weighted by molar-refractivity contribution is -0.135. The molecule has 0 bridgehead atoms. The van der Waals surface area contributed by atoms with Gasteiger partial charge in [0.15, 0.2) is 0 Å². The highest BCUT2D eigenvalue weighted by molar-refractivity contribution is 5.76. The van der Waals surface area contributed by atoms with Crippen LogP contribution in [0.4, 0.5) is 0 Å². The highest BCUT2D eigenvalue weighted by Gasteiger charge is 2.43. The van der Waals surface area contributed by atoms with E-state index in [1.807, 2.05) is 11.0 Å². The zero-order valence-corrected chi connectivity index (χ0v) is 18.7. The molecular weight excluding hydrogens is 378 g/mol. The van der Waals surface area contributed by atoms with Gasteiger partial charge in [0, 0.05) is 25.4 Å². The van der Waals surface area contributed by atoms with Crippen molar-refractivity contribution in [3.8, 4) is 0 Å². The maximum Gasteiger partial charge on any atom is 0.222 e. The molecule has 0 spiro atoms. The first-order valence-corrected chi connectivity index (χ1v) is 12.2. The topological polar surface area (TPSA) is 70.0 Å². The highest BCUT2D eigenvalue weighted by atomic mass is 16.5. The van der Waals surface area contributed by atoms with Gasteiger partial charge >= 0.3 is 0 Å². The third kappa shape index (κ3) is 6.66. The molecule has 5 nitrogen and oxygen atoms in total. The summed E-state index contributed by atoms with van der Waals surface area (Å²) < 4.78 is 5.31. The minimum atomic E-state index is -0.388. The maximum atomic E-state index is 12.2. The molecule has 3 aliphatic rings. The predicted molar refractivity (Wildman–Crippen MR) is 119 cm³/mol.